The van der Waals surface area contributed by atoms with Crippen molar-refractivity contribution in [3.8, 4) is 6.07 Å². The van der Waals surface area contributed by atoms with Gasteiger partial charge in [-0.1, -0.05) is 12.2 Å². The number of rotatable bonds is 0. The Morgan fingerprint density at radius 3 is 3.27 bits per heavy atom. The first-order valence-electron chi connectivity index (χ1n) is 3.63. The van der Waals surface area contributed by atoms with Crippen molar-refractivity contribution in [2.45, 2.75) is 12.5 Å². The third-order valence-electron chi connectivity index (χ3n) is 1.99. The summed E-state index contributed by atoms with van der Waals surface area (Å²) in [5.41, 5.74) is 2.41. The van der Waals surface area contributed by atoms with Gasteiger partial charge in [-0.25, -0.2) is 0 Å². The molecule has 1 atom stereocenters. The third kappa shape index (κ3) is 0.857. The Kier molecular flexibility index (Phi) is 1.29. The first-order valence-corrected chi connectivity index (χ1v) is 3.63. The maximum absolute atomic E-state index is 8.72. The molecule has 0 bridgehead atoms. The van der Waals surface area contributed by atoms with Crippen molar-refractivity contribution in [2.75, 3.05) is 0 Å². The molecule has 11 heavy (non-hydrogen) atoms. The first-order chi connectivity index (χ1) is 5.42. The highest BCUT2D eigenvalue weighted by molar-refractivity contribution is 5.48. The number of allylic oxidation sites excluding steroid dienone is 3. The van der Waals surface area contributed by atoms with Gasteiger partial charge in [0.05, 0.1) is 6.07 Å². The van der Waals surface area contributed by atoms with Gasteiger partial charge in [0, 0.05) is 0 Å². The average molecular weight is 144 g/mol. The molecule has 0 amide bonds. The number of dihydropyridines is 1. The summed E-state index contributed by atoms with van der Waals surface area (Å²) in [5, 5.41) is 11.7. The molecule has 0 aromatic carbocycles. The van der Waals surface area contributed by atoms with Crippen LogP contribution in [0.15, 0.2) is 35.6 Å². The van der Waals surface area contributed by atoms with Crippen molar-refractivity contribution >= 4 is 0 Å². The fourth-order valence-electron chi connectivity index (χ4n) is 1.43. The molecule has 0 fully saturated rings. The molecule has 1 heterocycles. The van der Waals surface area contributed by atoms with Gasteiger partial charge in [0.2, 0.25) is 0 Å². The van der Waals surface area contributed by atoms with E-state index in [-0.39, 0.29) is 6.04 Å². The van der Waals surface area contributed by atoms with Gasteiger partial charge >= 0.3 is 0 Å². The molecular weight excluding hydrogens is 136 g/mol. The van der Waals surface area contributed by atoms with Gasteiger partial charge in [-0.3, -0.25) is 0 Å². The lowest BCUT2D eigenvalue weighted by Gasteiger charge is -2.15. The Labute approximate surface area is 65.5 Å². The molecule has 0 aromatic rings. The van der Waals surface area contributed by atoms with Crippen LogP contribution in [-0.2, 0) is 0 Å². The molecule has 54 valence electrons. The van der Waals surface area contributed by atoms with Gasteiger partial charge in [-0.2, -0.15) is 5.26 Å². The van der Waals surface area contributed by atoms with Gasteiger partial charge in [0.1, 0.15) is 6.04 Å². The quantitative estimate of drug-likeness (QED) is 0.555. The molecule has 0 spiro atoms. The smallest absolute Gasteiger partial charge is 0.140 e. The summed E-state index contributed by atoms with van der Waals surface area (Å²) in [7, 11) is 0. The molecule has 1 unspecified atom stereocenters. The van der Waals surface area contributed by atoms with Crippen LogP contribution in [0.3, 0.4) is 0 Å². The van der Waals surface area contributed by atoms with Gasteiger partial charge in [0.25, 0.3) is 0 Å². The van der Waals surface area contributed by atoms with Crippen LogP contribution in [0.4, 0.5) is 0 Å². The molecule has 1 N–H and O–H groups in total. The molecular formula is C9H8N2. The second-order valence-corrected chi connectivity index (χ2v) is 2.65. The minimum Gasteiger partial charge on any atom is -0.372 e. The van der Waals surface area contributed by atoms with Gasteiger partial charge in [-0.05, 0) is 29.8 Å². The van der Waals surface area contributed by atoms with Crippen LogP contribution in [0.2, 0.25) is 0 Å². The Bertz CT molecular complexity index is 302. The SMILES string of the molecule is N#CC1NC=CC2=C1C=CC2. The van der Waals surface area contributed by atoms with Crippen LogP contribution in [0.1, 0.15) is 6.42 Å². The Morgan fingerprint density at radius 1 is 1.55 bits per heavy atom. The molecule has 1 aliphatic carbocycles. The summed E-state index contributed by atoms with van der Waals surface area (Å²) >= 11 is 0. The fourth-order valence-corrected chi connectivity index (χ4v) is 1.43. The first kappa shape index (κ1) is 6.23. The summed E-state index contributed by atoms with van der Waals surface area (Å²) in [4.78, 5) is 0. The van der Waals surface area contributed by atoms with E-state index in [1.807, 2.05) is 18.4 Å². The second-order valence-electron chi connectivity index (χ2n) is 2.65. The standard InChI is InChI=1S/C9H8N2/c10-6-9-8-3-1-2-7(8)4-5-11-9/h1,3-5,9,11H,2H2. The van der Waals surface area contributed by atoms with Gasteiger partial charge in [0.15, 0.2) is 0 Å². The Balaban J connectivity index is 2.38. The maximum Gasteiger partial charge on any atom is 0.140 e. The predicted molar refractivity (Wildman–Crippen MR) is 42.5 cm³/mol. The highest BCUT2D eigenvalue weighted by atomic mass is 14.9. The van der Waals surface area contributed by atoms with Crippen LogP contribution in [0.5, 0.6) is 0 Å². The van der Waals surface area contributed by atoms with E-state index in [1.54, 1.807) is 0 Å². The zero-order valence-corrected chi connectivity index (χ0v) is 6.04. The molecule has 0 aromatic heterocycles. The molecule has 0 saturated heterocycles. The van der Waals surface area contributed by atoms with Crippen LogP contribution < -0.4 is 5.32 Å². The van der Waals surface area contributed by atoms with Crippen LogP contribution >= 0.6 is 0 Å². The van der Waals surface area contributed by atoms with Crippen LogP contribution in [0, 0.1) is 11.3 Å². The average Bonchev–Trinajstić information content (AvgIpc) is 2.50. The molecule has 2 heteroatoms. The van der Waals surface area contributed by atoms with E-state index in [4.69, 9.17) is 5.26 Å². The summed E-state index contributed by atoms with van der Waals surface area (Å²) < 4.78 is 0. The summed E-state index contributed by atoms with van der Waals surface area (Å²) in [6.45, 7) is 0. The van der Waals surface area contributed by atoms with Crippen LogP contribution in [0.25, 0.3) is 0 Å². The highest BCUT2D eigenvalue weighted by Crippen LogP contribution is 2.24. The number of nitrogens with zero attached hydrogens (tertiary/aromatic N) is 1. The summed E-state index contributed by atoms with van der Waals surface area (Å²) in [6.07, 6.45) is 8.97. The third-order valence-corrected chi connectivity index (χ3v) is 1.99. The van der Waals surface area contributed by atoms with Crippen molar-refractivity contribution in [3.05, 3.63) is 35.6 Å². The number of nitrogens with one attached hydrogen (secondary N) is 1. The van der Waals surface area contributed by atoms with E-state index >= 15 is 0 Å². The predicted octanol–water partition coefficient (Wildman–Crippen LogP) is 1.25. The highest BCUT2D eigenvalue weighted by Gasteiger charge is 2.18. The largest absolute Gasteiger partial charge is 0.372 e. The zero-order chi connectivity index (χ0) is 7.68. The van der Waals surface area contributed by atoms with Crippen molar-refractivity contribution in [3.63, 3.8) is 0 Å². The minimum absolute atomic E-state index is 0.131. The minimum atomic E-state index is -0.131. The van der Waals surface area contributed by atoms with Crippen molar-refractivity contribution < 1.29 is 0 Å². The molecule has 2 aliphatic rings. The van der Waals surface area contributed by atoms with E-state index in [0.29, 0.717) is 0 Å². The second kappa shape index (κ2) is 2.28. The lowest BCUT2D eigenvalue weighted by atomic mass is 10.0. The van der Waals surface area contributed by atoms with Crippen molar-refractivity contribution in [1.29, 1.82) is 5.26 Å². The Morgan fingerprint density at radius 2 is 2.45 bits per heavy atom. The van der Waals surface area contributed by atoms with Gasteiger partial charge in [-0.15, -0.1) is 0 Å². The van der Waals surface area contributed by atoms with E-state index in [2.05, 4.69) is 17.5 Å². The lowest BCUT2D eigenvalue weighted by Crippen LogP contribution is -2.26. The topological polar surface area (TPSA) is 35.8 Å². The monoisotopic (exact) mass is 144 g/mol. The van der Waals surface area contributed by atoms with E-state index in [9.17, 15) is 0 Å². The van der Waals surface area contributed by atoms with E-state index in [0.717, 1.165) is 12.0 Å². The molecule has 2 nitrogen and oxygen atoms in total. The molecule has 0 saturated carbocycles. The normalized spacial score (nSPS) is 26.3. The molecule has 2 rings (SSSR count). The molecule has 1 aliphatic heterocycles. The number of nitriles is 1. The number of hydrogen-bond acceptors (Lipinski definition) is 2. The van der Waals surface area contributed by atoms with Crippen molar-refractivity contribution in [2.24, 2.45) is 0 Å². The van der Waals surface area contributed by atoms with Crippen LogP contribution in [-0.4, -0.2) is 6.04 Å². The van der Waals surface area contributed by atoms with E-state index in [1.165, 1.54) is 5.57 Å². The Hall–Kier alpha value is -1.49. The maximum atomic E-state index is 8.72. The van der Waals surface area contributed by atoms with Crippen molar-refractivity contribution in [1.82, 2.24) is 5.32 Å². The summed E-state index contributed by atoms with van der Waals surface area (Å²) in [6, 6.07) is 2.07. The fraction of sp³-hybridized carbons (Fsp3) is 0.222. The lowest BCUT2D eigenvalue weighted by molar-refractivity contribution is 0.803. The van der Waals surface area contributed by atoms with E-state index < -0.39 is 0 Å². The summed E-state index contributed by atoms with van der Waals surface area (Å²) in [5.74, 6) is 0. The molecule has 0 radical (unpaired) electrons. The zero-order valence-electron chi connectivity index (χ0n) is 6.04. The van der Waals surface area contributed by atoms with Gasteiger partial charge < -0.3 is 5.32 Å². The number of hydrogen-bond donors (Lipinski definition) is 1.